The van der Waals surface area contributed by atoms with Gasteiger partial charge in [-0.1, -0.05) is 0 Å². The molecule has 2 aliphatic carbocycles. The second-order valence-electron chi connectivity index (χ2n) is 11.5. The monoisotopic (exact) mass is 592 g/mol. The lowest BCUT2D eigenvalue weighted by Crippen LogP contribution is -2.42. The molecule has 12 nitrogen and oxygen atoms in total. The number of nitrogens with zero attached hydrogens (tertiary/aromatic N) is 8. The number of aromatic nitrogens is 8. The highest BCUT2D eigenvalue weighted by molar-refractivity contribution is 6.28. The summed E-state index contributed by atoms with van der Waals surface area (Å²) in [5.74, 6) is 0. The van der Waals surface area contributed by atoms with E-state index in [1.54, 1.807) is 44.8 Å². The highest BCUT2D eigenvalue weighted by atomic mass is 35.5. The fourth-order valence-corrected chi connectivity index (χ4v) is 6.31. The summed E-state index contributed by atoms with van der Waals surface area (Å²) in [5.41, 5.74) is 1.57. The molecule has 4 aromatic heterocycles. The Labute approximate surface area is 240 Å². The van der Waals surface area contributed by atoms with Gasteiger partial charge in [0.15, 0.2) is 11.3 Å². The van der Waals surface area contributed by atoms with Crippen LogP contribution >= 0.6 is 23.2 Å². The van der Waals surface area contributed by atoms with E-state index in [2.05, 4.69) is 19.9 Å². The summed E-state index contributed by atoms with van der Waals surface area (Å²) >= 11 is 11.7. The van der Waals surface area contributed by atoms with Gasteiger partial charge in [-0.15, -0.1) is 0 Å². The molecule has 0 spiro atoms. The molecule has 0 saturated heterocycles. The number of halogens is 2. The van der Waals surface area contributed by atoms with E-state index in [1.807, 2.05) is 13.8 Å². The second-order valence-corrected chi connectivity index (χ2v) is 12.2. The van der Waals surface area contributed by atoms with Crippen LogP contribution in [-0.2, 0) is 25.2 Å². The number of fused-ring (bicyclic) bond motifs is 2. The molecule has 0 unspecified atom stereocenters. The fraction of sp³-hybridized carbons (Fsp3) is 0.615. The third-order valence-electron chi connectivity index (χ3n) is 8.69. The van der Waals surface area contributed by atoms with Gasteiger partial charge in [0.2, 0.25) is 10.6 Å². The van der Waals surface area contributed by atoms with Crippen molar-refractivity contribution in [2.45, 2.75) is 88.5 Å². The molecule has 2 aliphatic rings. The molecule has 2 N–H and O–H groups in total. The summed E-state index contributed by atoms with van der Waals surface area (Å²) < 4.78 is 6.51. The van der Waals surface area contributed by atoms with Gasteiger partial charge >= 0.3 is 11.4 Å². The SMILES string of the molecule is Cn1c(=O)n(C2(C)CCC(O)CC2)c2nc(Cl)ncc21.Cn1c(=O)n(C2(C)CCC(O)CC2)c2nc(Cl)ncc21. The van der Waals surface area contributed by atoms with Crippen molar-refractivity contribution in [1.82, 2.24) is 38.2 Å². The summed E-state index contributed by atoms with van der Waals surface area (Å²) in [5, 5.41) is 19.6. The minimum atomic E-state index is -0.340. The predicted octanol–water partition coefficient (Wildman–Crippen LogP) is 2.87. The molecule has 0 aromatic carbocycles. The lowest BCUT2D eigenvalue weighted by molar-refractivity contribution is 0.0756. The number of aryl methyl sites for hydroxylation is 2. The van der Waals surface area contributed by atoms with Crippen LogP contribution in [0, 0.1) is 0 Å². The van der Waals surface area contributed by atoms with Crippen LogP contribution in [0.1, 0.15) is 65.2 Å². The van der Waals surface area contributed by atoms with E-state index >= 15 is 0 Å². The van der Waals surface area contributed by atoms with Crippen molar-refractivity contribution in [1.29, 1.82) is 0 Å². The molecule has 6 rings (SSSR count). The van der Waals surface area contributed by atoms with Gasteiger partial charge in [0.05, 0.1) is 24.6 Å². The van der Waals surface area contributed by atoms with Crippen LogP contribution in [0.5, 0.6) is 0 Å². The fourth-order valence-electron chi connectivity index (χ4n) is 6.05. The maximum atomic E-state index is 12.5. The van der Waals surface area contributed by atoms with Crippen molar-refractivity contribution in [2.75, 3.05) is 0 Å². The molecule has 0 atom stereocenters. The van der Waals surface area contributed by atoms with Gasteiger partial charge in [0.25, 0.3) is 0 Å². The highest BCUT2D eigenvalue weighted by Gasteiger charge is 2.37. The van der Waals surface area contributed by atoms with E-state index in [0.717, 1.165) is 25.7 Å². The second kappa shape index (κ2) is 10.6. The van der Waals surface area contributed by atoms with Crippen LogP contribution in [0.3, 0.4) is 0 Å². The first-order chi connectivity index (χ1) is 18.8. The van der Waals surface area contributed by atoms with Crippen molar-refractivity contribution in [3.8, 4) is 0 Å². The van der Waals surface area contributed by atoms with Crippen molar-refractivity contribution in [2.24, 2.45) is 14.1 Å². The van der Waals surface area contributed by atoms with Crippen LogP contribution in [0.2, 0.25) is 10.6 Å². The Morgan fingerprint density at radius 1 is 0.725 bits per heavy atom. The van der Waals surface area contributed by atoms with Crippen molar-refractivity contribution >= 4 is 45.5 Å². The van der Waals surface area contributed by atoms with Crippen molar-refractivity contribution in [3.05, 3.63) is 43.9 Å². The Kier molecular flexibility index (Phi) is 7.58. The zero-order valence-electron chi connectivity index (χ0n) is 23.0. The van der Waals surface area contributed by atoms with E-state index in [-0.39, 0.29) is 45.2 Å². The number of hydrogen-bond acceptors (Lipinski definition) is 8. The Balaban J connectivity index is 0.000000161. The number of aliphatic hydroxyl groups is 2. The van der Waals surface area contributed by atoms with E-state index in [9.17, 15) is 19.8 Å². The quantitative estimate of drug-likeness (QED) is 0.338. The summed E-state index contributed by atoms with van der Waals surface area (Å²) in [6, 6.07) is 0. The Bertz CT molecular complexity index is 1550. The molecule has 4 heterocycles. The van der Waals surface area contributed by atoms with Gasteiger partial charge in [-0.3, -0.25) is 18.3 Å². The predicted molar refractivity (Wildman–Crippen MR) is 152 cm³/mol. The molecule has 40 heavy (non-hydrogen) atoms. The maximum absolute atomic E-state index is 12.5. The molecule has 0 amide bonds. The van der Waals surface area contributed by atoms with E-state index in [0.29, 0.717) is 48.0 Å². The zero-order chi connectivity index (χ0) is 29.0. The first-order valence-corrected chi connectivity index (χ1v) is 14.2. The summed E-state index contributed by atoms with van der Waals surface area (Å²) in [4.78, 5) is 41.4. The molecule has 2 fully saturated rings. The van der Waals surface area contributed by atoms with Gasteiger partial charge in [0.1, 0.15) is 11.0 Å². The number of aliphatic hydroxyl groups excluding tert-OH is 2. The van der Waals surface area contributed by atoms with Gasteiger partial charge in [-0.25, -0.2) is 19.6 Å². The van der Waals surface area contributed by atoms with E-state index in [4.69, 9.17) is 23.2 Å². The van der Waals surface area contributed by atoms with Crippen molar-refractivity contribution < 1.29 is 10.2 Å². The molecule has 2 saturated carbocycles. The minimum Gasteiger partial charge on any atom is -0.393 e. The molecule has 4 aromatic rings. The minimum absolute atomic E-state index is 0.115. The van der Waals surface area contributed by atoms with Gasteiger partial charge in [-0.05, 0) is 88.4 Å². The average molecular weight is 594 g/mol. The summed E-state index contributed by atoms with van der Waals surface area (Å²) in [6.07, 6.45) is 8.35. The van der Waals surface area contributed by atoms with E-state index in [1.165, 1.54) is 0 Å². The first kappa shape index (κ1) is 28.7. The third kappa shape index (κ3) is 4.95. The van der Waals surface area contributed by atoms with Crippen LogP contribution in [0.4, 0.5) is 0 Å². The normalized spacial score (nSPS) is 27.1. The largest absolute Gasteiger partial charge is 0.393 e. The van der Waals surface area contributed by atoms with Gasteiger partial charge in [0, 0.05) is 25.2 Å². The van der Waals surface area contributed by atoms with Gasteiger partial charge in [-0.2, -0.15) is 9.97 Å². The molecule has 216 valence electrons. The summed E-state index contributed by atoms with van der Waals surface area (Å²) in [6.45, 7) is 4.07. The molecular formula is C26H34Cl2N8O4. The van der Waals surface area contributed by atoms with E-state index < -0.39 is 0 Å². The third-order valence-corrected chi connectivity index (χ3v) is 9.05. The lowest BCUT2D eigenvalue weighted by atomic mass is 9.81. The van der Waals surface area contributed by atoms with Crippen LogP contribution in [0.15, 0.2) is 22.0 Å². The number of imidazole rings is 2. The standard InChI is InChI=1S/2C13H17ClN4O2/c2*1-13(5-3-8(19)4-6-13)18-10-9(17(2)12(18)20)7-15-11(14)16-10/h2*7-8,19H,3-6H2,1-2H3. The van der Waals surface area contributed by atoms with Crippen LogP contribution in [-0.4, -0.2) is 60.6 Å². The zero-order valence-corrected chi connectivity index (χ0v) is 24.5. The maximum Gasteiger partial charge on any atom is 0.330 e. The average Bonchev–Trinajstić information content (AvgIpc) is 3.32. The van der Waals surface area contributed by atoms with Crippen molar-refractivity contribution in [3.63, 3.8) is 0 Å². The number of rotatable bonds is 2. The van der Waals surface area contributed by atoms with Gasteiger partial charge < -0.3 is 10.2 Å². The molecule has 0 bridgehead atoms. The smallest absolute Gasteiger partial charge is 0.330 e. The van der Waals surface area contributed by atoms with Crippen LogP contribution in [0.25, 0.3) is 22.3 Å². The van der Waals surface area contributed by atoms with Crippen LogP contribution < -0.4 is 11.4 Å². The summed E-state index contributed by atoms with van der Waals surface area (Å²) in [7, 11) is 3.42. The molecule has 0 aliphatic heterocycles. The Morgan fingerprint density at radius 3 is 1.38 bits per heavy atom. The Hall–Kier alpha value is -2.80. The topological polar surface area (TPSA) is 146 Å². The molecular weight excluding hydrogens is 559 g/mol. The first-order valence-electron chi connectivity index (χ1n) is 13.4. The lowest BCUT2D eigenvalue weighted by Gasteiger charge is -2.36. The highest BCUT2D eigenvalue weighted by Crippen LogP contribution is 2.36. The molecule has 14 heteroatoms. The Morgan fingerprint density at radius 2 is 1.05 bits per heavy atom. The molecule has 0 radical (unpaired) electrons. The number of hydrogen-bond donors (Lipinski definition) is 2.